The molecular formula is C18H23N3O2. The molecule has 0 radical (unpaired) electrons. The average molecular weight is 313 g/mol. The zero-order valence-electron chi connectivity index (χ0n) is 13.7. The van der Waals surface area contributed by atoms with Gasteiger partial charge in [-0.1, -0.05) is 6.07 Å². The minimum absolute atomic E-state index is 0.00835. The minimum Gasteiger partial charge on any atom is -0.497 e. The van der Waals surface area contributed by atoms with Gasteiger partial charge in [-0.3, -0.25) is 9.78 Å². The van der Waals surface area contributed by atoms with Crippen molar-refractivity contribution in [2.45, 2.75) is 12.8 Å². The molecule has 0 aliphatic carbocycles. The predicted octanol–water partition coefficient (Wildman–Crippen LogP) is 2.59. The number of rotatable bonds is 8. The molecule has 0 saturated carbocycles. The first-order chi connectivity index (χ1) is 11.2. The first-order valence-corrected chi connectivity index (χ1v) is 7.69. The van der Waals surface area contributed by atoms with Crippen LogP contribution in [0, 0.1) is 0 Å². The van der Waals surface area contributed by atoms with Crippen LogP contribution >= 0.6 is 0 Å². The number of carbonyl (C=O) groups excluding carboxylic acids is 1. The Kier molecular flexibility index (Phi) is 6.56. The molecule has 1 aromatic heterocycles. The van der Waals surface area contributed by atoms with Gasteiger partial charge in [-0.2, -0.15) is 0 Å². The van der Waals surface area contributed by atoms with Gasteiger partial charge in [0, 0.05) is 43.7 Å². The summed E-state index contributed by atoms with van der Waals surface area (Å²) in [6, 6.07) is 11.4. The number of amides is 1. The maximum Gasteiger partial charge on any atom is 0.225 e. The van der Waals surface area contributed by atoms with Crippen molar-refractivity contribution < 1.29 is 9.53 Å². The van der Waals surface area contributed by atoms with E-state index in [1.54, 1.807) is 19.5 Å². The fourth-order valence-electron chi connectivity index (χ4n) is 2.20. The topological polar surface area (TPSA) is 54.5 Å². The molecule has 23 heavy (non-hydrogen) atoms. The van der Waals surface area contributed by atoms with Crippen LogP contribution in [-0.2, 0) is 11.2 Å². The van der Waals surface area contributed by atoms with Crippen molar-refractivity contribution >= 4 is 11.6 Å². The van der Waals surface area contributed by atoms with E-state index in [0.29, 0.717) is 6.42 Å². The molecule has 0 aliphatic heterocycles. The Hall–Kier alpha value is -2.40. The molecule has 5 heteroatoms. The lowest BCUT2D eigenvalue weighted by Crippen LogP contribution is -2.26. The number of aromatic nitrogens is 1. The van der Waals surface area contributed by atoms with Crippen molar-refractivity contribution in [2.24, 2.45) is 0 Å². The molecule has 1 heterocycles. The lowest BCUT2D eigenvalue weighted by Gasteiger charge is -2.16. The number of likely N-dealkylation sites (N-methyl/N-ethyl adjacent to an activating group) is 1. The van der Waals surface area contributed by atoms with Gasteiger partial charge < -0.3 is 15.0 Å². The van der Waals surface area contributed by atoms with E-state index in [2.05, 4.69) is 15.2 Å². The van der Waals surface area contributed by atoms with E-state index in [4.69, 9.17) is 4.74 Å². The number of carbonyl (C=O) groups is 1. The van der Waals surface area contributed by atoms with E-state index in [1.165, 1.54) is 5.56 Å². The zero-order chi connectivity index (χ0) is 16.5. The third-order valence-corrected chi connectivity index (χ3v) is 3.61. The van der Waals surface area contributed by atoms with Gasteiger partial charge in [-0.15, -0.1) is 0 Å². The van der Waals surface area contributed by atoms with Crippen LogP contribution < -0.4 is 10.1 Å². The lowest BCUT2D eigenvalue weighted by atomic mass is 10.2. The number of ether oxygens (including phenoxy) is 1. The van der Waals surface area contributed by atoms with Crippen LogP contribution in [0.3, 0.4) is 0 Å². The molecule has 122 valence electrons. The van der Waals surface area contributed by atoms with Crippen molar-refractivity contribution in [3.05, 3.63) is 54.4 Å². The molecule has 0 atom stereocenters. The quantitative estimate of drug-likeness (QED) is 0.814. The second kappa shape index (κ2) is 8.90. The molecular weight excluding hydrogens is 290 g/mol. The van der Waals surface area contributed by atoms with Gasteiger partial charge in [0.2, 0.25) is 5.91 Å². The summed E-state index contributed by atoms with van der Waals surface area (Å²) in [5.74, 6) is 0.742. The Morgan fingerprint density at radius 2 is 2.00 bits per heavy atom. The number of hydrogen-bond donors (Lipinski definition) is 1. The van der Waals surface area contributed by atoms with E-state index in [1.807, 2.05) is 43.4 Å². The molecule has 2 aromatic rings. The highest BCUT2D eigenvalue weighted by atomic mass is 16.5. The van der Waals surface area contributed by atoms with E-state index >= 15 is 0 Å². The van der Waals surface area contributed by atoms with Crippen molar-refractivity contribution in [1.82, 2.24) is 9.88 Å². The lowest BCUT2D eigenvalue weighted by molar-refractivity contribution is -0.116. The summed E-state index contributed by atoms with van der Waals surface area (Å²) in [6.07, 6.45) is 5.02. The summed E-state index contributed by atoms with van der Waals surface area (Å²) in [7, 11) is 3.64. The Labute approximate surface area is 137 Å². The second-order valence-corrected chi connectivity index (χ2v) is 5.44. The van der Waals surface area contributed by atoms with Crippen LogP contribution in [-0.4, -0.2) is 43.0 Å². The standard InChI is InChI=1S/C18H23N3O2/c1-21(12-8-15-6-10-19-11-7-15)13-9-18(22)20-16-4-3-5-17(14-16)23-2/h3-7,10-11,14H,8-9,12-13H2,1-2H3,(H,20,22). The molecule has 0 aliphatic rings. The van der Waals surface area contributed by atoms with Crippen molar-refractivity contribution in [3.63, 3.8) is 0 Å². The second-order valence-electron chi connectivity index (χ2n) is 5.44. The normalized spacial score (nSPS) is 10.6. The van der Waals surface area contributed by atoms with Crippen LogP contribution in [0.4, 0.5) is 5.69 Å². The van der Waals surface area contributed by atoms with Crippen LogP contribution in [0.25, 0.3) is 0 Å². The molecule has 5 nitrogen and oxygen atoms in total. The number of methoxy groups -OCH3 is 1. The van der Waals surface area contributed by atoms with Crippen LogP contribution in [0.2, 0.25) is 0 Å². The molecule has 0 bridgehead atoms. The van der Waals surface area contributed by atoms with E-state index < -0.39 is 0 Å². The third-order valence-electron chi connectivity index (χ3n) is 3.61. The Balaban J connectivity index is 1.71. The van der Waals surface area contributed by atoms with Crippen LogP contribution in [0.1, 0.15) is 12.0 Å². The third kappa shape index (κ3) is 6.08. The first-order valence-electron chi connectivity index (χ1n) is 7.69. The summed E-state index contributed by atoms with van der Waals surface area (Å²) in [6.45, 7) is 1.64. The summed E-state index contributed by atoms with van der Waals surface area (Å²) in [5, 5.41) is 2.89. The van der Waals surface area contributed by atoms with E-state index in [9.17, 15) is 4.79 Å². The Morgan fingerprint density at radius 1 is 1.22 bits per heavy atom. The molecule has 1 aromatic carbocycles. The van der Waals surface area contributed by atoms with Gasteiger partial charge in [-0.05, 0) is 43.3 Å². The maximum absolute atomic E-state index is 12.0. The summed E-state index contributed by atoms with van der Waals surface area (Å²) >= 11 is 0. The van der Waals surface area contributed by atoms with Crippen molar-refractivity contribution in [1.29, 1.82) is 0 Å². The van der Waals surface area contributed by atoms with Crippen molar-refractivity contribution in [2.75, 3.05) is 32.6 Å². The highest BCUT2D eigenvalue weighted by Crippen LogP contribution is 2.16. The zero-order valence-corrected chi connectivity index (χ0v) is 13.7. The molecule has 0 unspecified atom stereocenters. The molecule has 0 fully saturated rings. The summed E-state index contributed by atoms with van der Waals surface area (Å²) < 4.78 is 5.14. The van der Waals surface area contributed by atoms with Crippen LogP contribution in [0.15, 0.2) is 48.8 Å². The molecule has 1 N–H and O–H groups in total. The summed E-state index contributed by atoms with van der Waals surface area (Å²) in [5.41, 5.74) is 2.02. The van der Waals surface area contributed by atoms with Gasteiger partial charge in [-0.25, -0.2) is 0 Å². The molecule has 2 rings (SSSR count). The highest BCUT2D eigenvalue weighted by molar-refractivity contribution is 5.90. The smallest absolute Gasteiger partial charge is 0.225 e. The van der Waals surface area contributed by atoms with E-state index in [0.717, 1.165) is 30.9 Å². The van der Waals surface area contributed by atoms with Gasteiger partial charge in [0.1, 0.15) is 5.75 Å². The number of anilines is 1. The first kappa shape index (κ1) is 17.0. The predicted molar refractivity (Wildman–Crippen MR) is 91.7 cm³/mol. The molecule has 0 spiro atoms. The van der Waals surface area contributed by atoms with Gasteiger partial charge in [0.05, 0.1) is 7.11 Å². The highest BCUT2D eigenvalue weighted by Gasteiger charge is 2.06. The number of hydrogen-bond acceptors (Lipinski definition) is 4. The number of benzene rings is 1. The molecule has 0 saturated heterocycles. The van der Waals surface area contributed by atoms with Crippen molar-refractivity contribution in [3.8, 4) is 5.75 Å². The average Bonchev–Trinajstić information content (AvgIpc) is 2.59. The minimum atomic E-state index is 0.00835. The SMILES string of the molecule is COc1cccc(NC(=O)CCN(C)CCc2ccncc2)c1. The maximum atomic E-state index is 12.0. The van der Waals surface area contributed by atoms with Gasteiger partial charge in [0.25, 0.3) is 0 Å². The fraction of sp³-hybridized carbons (Fsp3) is 0.333. The Bertz CT molecular complexity index is 617. The molecule has 1 amide bonds. The monoisotopic (exact) mass is 313 g/mol. The number of pyridine rings is 1. The summed E-state index contributed by atoms with van der Waals surface area (Å²) in [4.78, 5) is 18.2. The van der Waals surface area contributed by atoms with E-state index in [-0.39, 0.29) is 5.91 Å². The fourth-order valence-corrected chi connectivity index (χ4v) is 2.20. The van der Waals surface area contributed by atoms with Gasteiger partial charge in [0.15, 0.2) is 0 Å². The largest absolute Gasteiger partial charge is 0.497 e. The Morgan fingerprint density at radius 3 is 2.74 bits per heavy atom. The van der Waals surface area contributed by atoms with Crippen LogP contribution in [0.5, 0.6) is 5.75 Å². The number of nitrogens with one attached hydrogen (secondary N) is 1. The van der Waals surface area contributed by atoms with Gasteiger partial charge >= 0.3 is 0 Å². The number of nitrogens with zero attached hydrogens (tertiary/aromatic N) is 2.